The van der Waals surface area contributed by atoms with Gasteiger partial charge < -0.3 is 15.1 Å². The number of likely N-dealkylation sites (tertiary alicyclic amines) is 1. The predicted molar refractivity (Wildman–Crippen MR) is 91.0 cm³/mol. The summed E-state index contributed by atoms with van der Waals surface area (Å²) in [4.78, 5) is 27.4. The first kappa shape index (κ1) is 16.9. The number of aromatic amines is 1. The number of carbonyl (C=O) groups is 2. The van der Waals surface area contributed by atoms with Crippen LogP contribution in [0.4, 0.5) is 14.9 Å². The molecular weight excluding hydrogens is 325 g/mol. The Labute approximate surface area is 144 Å². The number of rotatable bonds is 3. The van der Waals surface area contributed by atoms with Crippen LogP contribution in [0.1, 0.15) is 28.5 Å². The molecule has 7 nitrogen and oxygen atoms in total. The second-order valence-electron chi connectivity index (χ2n) is 6.28. The standard InChI is InChI=1S/C17H20FN5O2/c1-22(2)16(24)15-9-14(20-21-15)11-7-8-23(10-11)17(25)19-13-5-3-12(18)4-6-13/h3-6,9,11H,7-8,10H2,1-2H3,(H,19,25)(H,20,21)/t11-/m1/s1. The van der Waals surface area contributed by atoms with E-state index in [0.29, 0.717) is 24.5 Å². The summed E-state index contributed by atoms with van der Waals surface area (Å²) in [5, 5.41) is 9.71. The van der Waals surface area contributed by atoms with Gasteiger partial charge >= 0.3 is 6.03 Å². The van der Waals surface area contributed by atoms with Crippen molar-refractivity contribution < 1.29 is 14.0 Å². The zero-order valence-corrected chi connectivity index (χ0v) is 14.1. The zero-order valence-electron chi connectivity index (χ0n) is 14.1. The van der Waals surface area contributed by atoms with Gasteiger partial charge in [-0.05, 0) is 36.8 Å². The van der Waals surface area contributed by atoms with Crippen LogP contribution in [-0.2, 0) is 0 Å². The summed E-state index contributed by atoms with van der Waals surface area (Å²) in [5.74, 6) is -0.400. The quantitative estimate of drug-likeness (QED) is 0.895. The Morgan fingerprint density at radius 1 is 1.32 bits per heavy atom. The van der Waals surface area contributed by atoms with Crippen molar-refractivity contribution in [2.45, 2.75) is 12.3 Å². The lowest BCUT2D eigenvalue weighted by molar-refractivity contribution is 0.0822. The highest BCUT2D eigenvalue weighted by Crippen LogP contribution is 2.27. The molecule has 8 heteroatoms. The molecule has 25 heavy (non-hydrogen) atoms. The van der Waals surface area contributed by atoms with E-state index in [2.05, 4.69) is 15.5 Å². The smallest absolute Gasteiger partial charge is 0.321 e. The third-order valence-corrected chi connectivity index (χ3v) is 4.23. The molecule has 1 aliphatic heterocycles. The molecule has 2 aromatic rings. The maximum absolute atomic E-state index is 12.9. The maximum atomic E-state index is 12.9. The van der Waals surface area contributed by atoms with Gasteiger partial charge in [-0.3, -0.25) is 9.89 Å². The topological polar surface area (TPSA) is 81.3 Å². The van der Waals surface area contributed by atoms with Crippen LogP contribution >= 0.6 is 0 Å². The average molecular weight is 345 g/mol. The number of hydrogen-bond donors (Lipinski definition) is 2. The molecule has 3 rings (SSSR count). The number of anilines is 1. The normalized spacial score (nSPS) is 16.8. The van der Waals surface area contributed by atoms with E-state index >= 15 is 0 Å². The number of urea groups is 1. The summed E-state index contributed by atoms with van der Waals surface area (Å²) in [7, 11) is 3.35. The van der Waals surface area contributed by atoms with E-state index in [1.165, 1.54) is 29.2 Å². The molecule has 3 amide bonds. The SMILES string of the molecule is CN(C)C(=O)c1cc([C@@H]2CCN(C(=O)Nc3ccc(F)cc3)C2)[nH]n1. The number of H-pyrrole nitrogens is 1. The molecule has 1 saturated heterocycles. The molecule has 2 N–H and O–H groups in total. The van der Waals surface area contributed by atoms with Gasteiger partial charge in [0.25, 0.3) is 5.91 Å². The monoisotopic (exact) mass is 345 g/mol. The van der Waals surface area contributed by atoms with Gasteiger partial charge in [-0.2, -0.15) is 5.10 Å². The van der Waals surface area contributed by atoms with Gasteiger partial charge in [0.15, 0.2) is 0 Å². The van der Waals surface area contributed by atoms with E-state index in [-0.39, 0.29) is 23.7 Å². The Balaban J connectivity index is 1.60. The van der Waals surface area contributed by atoms with E-state index in [4.69, 9.17) is 0 Å². The molecule has 0 saturated carbocycles. The minimum absolute atomic E-state index is 0.107. The second kappa shape index (κ2) is 6.92. The minimum Gasteiger partial charge on any atom is -0.343 e. The summed E-state index contributed by atoms with van der Waals surface area (Å²) < 4.78 is 12.9. The van der Waals surface area contributed by atoms with Gasteiger partial charge in [0.2, 0.25) is 0 Å². The van der Waals surface area contributed by atoms with Gasteiger partial charge in [0.1, 0.15) is 11.5 Å². The van der Waals surface area contributed by atoms with Crippen molar-refractivity contribution in [2.75, 3.05) is 32.5 Å². The van der Waals surface area contributed by atoms with E-state index in [9.17, 15) is 14.0 Å². The summed E-state index contributed by atoms with van der Waals surface area (Å²) in [5.41, 5.74) is 1.77. The van der Waals surface area contributed by atoms with Crippen LogP contribution in [0.3, 0.4) is 0 Å². The van der Waals surface area contributed by atoms with E-state index in [0.717, 1.165) is 12.1 Å². The Kier molecular flexibility index (Phi) is 4.69. The Morgan fingerprint density at radius 2 is 2.04 bits per heavy atom. The first-order valence-corrected chi connectivity index (χ1v) is 8.02. The van der Waals surface area contributed by atoms with Crippen LogP contribution in [0, 0.1) is 5.82 Å². The lowest BCUT2D eigenvalue weighted by atomic mass is 10.1. The van der Waals surface area contributed by atoms with Crippen molar-refractivity contribution in [1.29, 1.82) is 0 Å². The Bertz CT molecular complexity index is 772. The number of nitrogens with one attached hydrogen (secondary N) is 2. The third kappa shape index (κ3) is 3.78. The third-order valence-electron chi connectivity index (χ3n) is 4.23. The largest absolute Gasteiger partial charge is 0.343 e. The van der Waals surface area contributed by atoms with Crippen LogP contribution in [0.25, 0.3) is 0 Å². The van der Waals surface area contributed by atoms with Gasteiger partial charge in [0, 0.05) is 44.5 Å². The molecule has 0 radical (unpaired) electrons. The molecule has 0 unspecified atom stereocenters. The van der Waals surface area contributed by atoms with Crippen LogP contribution < -0.4 is 5.32 Å². The number of carbonyl (C=O) groups excluding carboxylic acids is 2. The molecular formula is C17H20FN5O2. The van der Waals surface area contributed by atoms with Gasteiger partial charge in [-0.15, -0.1) is 0 Å². The first-order valence-electron chi connectivity index (χ1n) is 8.02. The van der Waals surface area contributed by atoms with Crippen molar-refractivity contribution in [1.82, 2.24) is 20.0 Å². The highest BCUT2D eigenvalue weighted by molar-refractivity contribution is 5.92. The number of halogens is 1. The van der Waals surface area contributed by atoms with E-state index in [1.54, 1.807) is 25.1 Å². The van der Waals surface area contributed by atoms with Gasteiger partial charge in [-0.25, -0.2) is 9.18 Å². The van der Waals surface area contributed by atoms with Gasteiger partial charge in [-0.1, -0.05) is 0 Å². The fraction of sp³-hybridized carbons (Fsp3) is 0.353. The molecule has 0 bridgehead atoms. The lowest BCUT2D eigenvalue weighted by Gasteiger charge is -2.17. The molecule has 1 aliphatic rings. The van der Waals surface area contributed by atoms with Crippen molar-refractivity contribution in [2.24, 2.45) is 0 Å². The van der Waals surface area contributed by atoms with Crippen LogP contribution in [0.15, 0.2) is 30.3 Å². The molecule has 0 spiro atoms. The van der Waals surface area contributed by atoms with Crippen LogP contribution in [0.2, 0.25) is 0 Å². The average Bonchev–Trinajstić information content (AvgIpc) is 3.25. The Morgan fingerprint density at radius 3 is 2.72 bits per heavy atom. The number of nitrogens with zero attached hydrogens (tertiary/aromatic N) is 3. The molecule has 1 aromatic carbocycles. The molecule has 2 heterocycles. The summed E-state index contributed by atoms with van der Waals surface area (Å²) in [6, 6.07) is 7.17. The second-order valence-corrected chi connectivity index (χ2v) is 6.28. The van der Waals surface area contributed by atoms with Crippen molar-refractivity contribution >= 4 is 17.6 Å². The predicted octanol–water partition coefficient (Wildman–Crippen LogP) is 2.27. The highest BCUT2D eigenvalue weighted by Gasteiger charge is 2.29. The Hall–Kier alpha value is -2.90. The van der Waals surface area contributed by atoms with Crippen LogP contribution in [-0.4, -0.2) is 59.1 Å². The van der Waals surface area contributed by atoms with Gasteiger partial charge in [0.05, 0.1) is 0 Å². The van der Waals surface area contributed by atoms with Crippen LogP contribution in [0.5, 0.6) is 0 Å². The van der Waals surface area contributed by atoms with Crippen molar-refractivity contribution in [3.63, 3.8) is 0 Å². The first-order chi connectivity index (χ1) is 11.9. The molecule has 1 atom stereocenters. The number of aromatic nitrogens is 2. The minimum atomic E-state index is -0.346. The van der Waals surface area contributed by atoms with E-state index in [1.807, 2.05) is 0 Å². The maximum Gasteiger partial charge on any atom is 0.321 e. The number of benzene rings is 1. The molecule has 1 aromatic heterocycles. The number of hydrogen-bond acceptors (Lipinski definition) is 3. The molecule has 132 valence electrons. The summed E-state index contributed by atoms with van der Waals surface area (Å²) >= 11 is 0. The molecule has 0 aliphatic carbocycles. The molecule has 1 fully saturated rings. The summed E-state index contributed by atoms with van der Waals surface area (Å²) in [6.45, 7) is 1.14. The lowest BCUT2D eigenvalue weighted by Crippen LogP contribution is -2.32. The van der Waals surface area contributed by atoms with E-state index < -0.39 is 0 Å². The summed E-state index contributed by atoms with van der Waals surface area (Å²) in [6.07, 6.45) is 0.786. The van der Waals surface area contributed by atoms with Crippen molar-refractivity contribution in [3.05, 3.63) is 47.5 Å². The highest BCUT2D eigenvalue weighted by atomic mass is 19.1. The number of amides is 3. The fourth-order valence-electron chi connectivity index (χ4n) is 2.82. The zero-order chi connectivity index (χ0) is 18.0. The fourth-order valence-corrected chi connectivity index (χ4v) is 2.82. The van der Waals surface area contributed by atoms with Crippen molar-refractivity contribution in [3.8, 4) is 0 Å².